The van der Waals surface area contributed by atoms with E-state index in [0.717, 1.165) is 24.0 Å². The number of hydrogen-bond donors (Lipinski definition) is 0. The van der Waals surface area contributed by atoms with Crippen molar-refractivity contribution >= 4 is 19.9 Å². The van der Waals surface area contributed by atoms with Crippen LogP contribution in [-0.4, -0.2) is 26.6 Å². The summed E-state index contributed by atoms with van der Waals surface area (Å²) in [4.78, 5) is 12.9. The third kappa shape index (κ3) is 2.80. The highest BCUT2D eigenvalue weighted by Crippen LogP contribution is 2.60. The Morgan fingerprint density at radius 3 is 2.19 bits per heavy atom. The molecule has 4 rings (SSSR count). The van der Waals surface area contributed by atoms with Crippen LogP contribution in [0, 0.1) is 5.92 Å². The average Bonchev–Trinajstić information content (AvgIpc) is 3.12. The van der Waals surface area contributed by atoms with Gasteiger partial charge in [-0.1, -0.05) is 77.4 Å². The Labute approximate surface area is 164 Å². The van der Waals surface area contributed by atoms with Gasteiger partial charge < -0.3 is 8.85 Å². The lowest BCUT2D eigenvalue weighted by Gasteiger charge is -2.45. The van der Waals surface area contributed by atoms with Gasteiger partial charge in [0.15, 0.2) is 5.78 Å². The molecule has 0 unspecified atom stereocenters. The maximum atomic E-state index is 12.9. The Balaban J connectivity index is 1.73. The van der Waals surface area contributed by atoms with Crippen LogP contribution in [0.2, 0.25) is 10.1 Å². The van der Waals surface area contributed by atoms with Gasteiger partial charge >= 0.3 is 8.56 Å². The highest BCUT2D eigenvalue weighted by atomic mass is 28.4. The van der Waals surface area contributed by atoms with Crippen LogP contribution < -0.4 is 0 Å². The van der Waals surface area contributed by atoms with Gasteiger partial charge in [0, 0.05) is 28.0 Å². The second kappa shape index (κ2) is 6.13. The highest BCUT2D eigenvalue weighted by Gasteiger charge is 2.66. The van der Waals surface area contributed by atoms with Gasteiger partial charge in [-0.3, -0.25) is 4.79 Å². The molecule has 0 spiro atoms. The van der Waals surface area contributed by atoms with Crippen molar-refractivity contribution in [2.24, 2.45) is 5.92 Å². The molecule has 0 radical (unpaired) electrons. The number of benzene rings is 1. The van der Waals surface area contributed by atoms with Crippen LogP contribution in [0.5, 0.6) is 0 Å². The first-order valence-corrected chi connectivity index (χ1v) is 12.0. The van der Waals surface area contributed by atoms with E-state index in [-0.39, 0.29) is 34.0 Å². The van der Waals surface area contributed by atoms with E-state index in [0.29, 0.717) is 6.42 Å². The summed E-state index contributed by atoms with van der Waals surface area (Å²) in [6.45, 7) is 13.5. The van der Waals surface area contributed by atoms with Gasteiger partial charge in [0.25, 0.3) is 0 Å². The molecule has 4 heteroatoms. The first kappa shape index (κ1) is 19.1. The van der Waals surface area contributed by atoms with Crippen LogP contribution in [0.15, 0.2) is 35.9 Å². The van der Waals surface area contributed by atoms with E-state index in [4.69, 9.17) is 8.85 Å². The van der Waals surface area contributed by atoms with Crippen LogP contribution in [0.1, 0.15) is 66.4 Å². The molecule has 0 bridgehead atoms. The Morgan fingerprint density at radius 1 is 0.963 bits per heavy atom. The van der Waals surface area contributed by atoms with Gasteiger partial charge in [-0.25, -0.2) is 0 Å². The van der Waals surface area contributed by atoms with Crippen molar-refractivity contribution in [3.05, 3.63) is 41.5 Å². The van der Waals surface area contributed by atoms with E-state index in [1.165, 1.54) is 5.57 Å². The number of carbonyl (C=O) groups is 1. The lowest BCUT2D eigenvalue weighted by atomic mass is 9.80. The maximum absolute atomic E-state index is 12.9. The number of fused-ring (bicyclic) bond motifs is 3. The molecule has 3 nitrogen and oxygen atoms in total. The van der Waals surface area contributed by atoms with E-state index in [1.54, 1.807) is 0 Å². The van der Waals surface area contributed by atoms with Crippen LogP contribution >= 0.6 is 0 Å². The van der Waals surface area contributed by atoms with Crippen molar-refractivity contribution in [2.45, 2.75) is 83.1 Å². The first-order chi connectivity index (χ1) is 12.6. The Bertz CT molecular complexity index is 768. The normalized spacial score (nSPS) is 30.4. The summed E-state index contributed by atoms with van der Waals surface area (Å²) in [6.07, 6.45) is 2.64. The summed E-state index contributed by atoms with van der Waals surface area (Å²) in [5.41, 5.74) is 3.32. The molecule has 1 saturated heterocycles. The van der Waals surface area contributed by atoms with Gasteiger partial charge in [0.05, 0.1) is 12.2 Å². The van der Waals surface area contributed by atoms with Crippen molar-refractivity contribution in [2.75, 3.05) is 0 Å². The quantitative estimate of drug-likeness (QED) is 0.587. The summed E-state index contributed by atoms with van der Waals surface area (Å²) in [5.74, 6) is 0.460. The van der Waals surface area contributed by atoms with E-state index in [9.17, 15) is 4.79 Å². The minimum atomic E-state index is -2.48. The van der Waals surface area contributed by atoms with Gasteiger partial charge in [0.2, 0.25) is 0 Å². The molecule has 3 aliphatic rings. The minimum Gasteiger partial charge on any atom is -0.388 e. The Morgan fingerprint density at radius 2 is 1.59 bits per heavy atom. The smallest absolute Gasteiger partial charge is 0.349 e. The van der Waals surface area contributed by atoms with Crippen LogP contribution in [0.4, 0.5) is 0 Å². The minimum absolute atomic E-state index is 0.0165. The molecular formula is C23H32O3Si. The monoisotopic (exact) mass is 384 g/mol. The fraction of sp³-hybridized carbons (Fsp3) is 0.609. The van der Waals surface area contributed by atoms with E-state index in [1.807, 2.05) is 18.2 Å². The third-order valence-electron chi connectivity index (χ3n) is 6.57. The van der Waals surface area contributed by atoms with Crippen molar-refractivity contribution in [3.8, 4) is 0 Å². The summed E-state index contributed by atoms with van der Waals surface area (Å²) in [5, 5.41) is -0.0331. The first-order valence-electron chi connectivity index (χ1n) is 10.2. The van der Waals surface area contributed by atoms with Crippen molar-refractivity contribution in [3.63, 3.8) is 0 Å². The molecule has 1 aromatic carbocycles. The predicted octanol–water partition coefficient (Wildman–Crippen LogP) is 5.65. The summed E-state index contributed by atoms with van der Waals surface area (Å²) < 4.78 is 13.8. The van der Waals surface area contributed by atoms with Gasteiger partial charge in [0.1, 0.15) is 0 Å². The number of rotatable bonds is 1. The highest BCUT2D eigenvalue weighted by molar-refractivity contribution is 6.74. The fourth-order valence-electron chi connectivity index (χ4n) is 5.64. The SMILES string of the molecule is CC(C)(C)[Si]1(C(C)(C)C)O[C@@H]2[C@H](CCC3=C(c4ccccc4)C(=O)C[C@@H]32)O1. The van der Waals surface area contributed by atoms with Crippen molar-refractivity contribution < 1.29 is 13.6 Å². The average molecular weight is 385 g/mol. The van der Waals surface area contributed by atoms with Crippen molar-refractivity contribution in [1.82, 2.24) is 0 Å². The largest absolute Gasteiger partial charge is 0.388 e. The van der Waals surface area contributed by atoms with Gasteiger partial charge in [-0.05, 0) is 18.4 Å². The fourth-order valence-corrected chi connectivity index (χ4v) is 10.7. The predicted molar refractivity (Wildman–Crippen MR) is 111 cm³/mol. The van der Waals surface area contributed by atoms with Crippen LogP contribution in [0.3, 0.4) is 0 Å². The van der Waals surface area contributed by atoms with E-state index in [2.05, 4.69) is 53.7 Å². The lowest BCUT2D eigenvalue weighted by Crippen LogP contribution is -2.54. The molecule has 0 aromatic heterocycles. The standard InChI is InChI=1S/C23H32O3Si/c1-22(2,3)27(23(4,5)6)25-19-13-12-16-17(21(19)26-27)14-18(24)20(16)15-10-8-7-9-11-15/h7-11,17,19,21H,12-14H2,1-6H3/t17-,19-,21-/m0/s1. The Hall–Kier alpha value is -1.23. The molecule has 3 atom stereocenters. The topological polar surface area (TPSA) is 35.5 Å². The van der Waals surface area contributed by atoms with Crippen molar-refractivity contribution in [1.29, 1.82) is 0 Å². The second-order valence-corrected chi connectivity index (χ2v) is 15.1. The Kier molecular flexibility index (Phi) is 4.34. The zero-order chi connectivity index (χ0) is 19.6. The molecule has 1 heterocycles. The number of allylic oxidation sites excluding steroid dienone is 1. The number of carbonyl (C=O) groups excluding carboxylic acids is 1. The molecule has 2 aliphatic carbocycles. The number of ketones is 1. The molecular weight excluding hydrogens is 352 g/mol. The molecule has 1 saturated carbocycles. The number of hydrogen-bond acceptors (Lipinski definition) is 3. The van der Waals surface area contributed by atoms with Crippen LogP contribution in [0.25, 0.3) is 5.57 Å². The summed E-state index contributed by atoms with van der Waals surface area (Å²) in [6, 6.07) is 10.2. The lowest BCUT2D eigenvalue weighted by molar-refractivity contribution is -0.114. The third-order valence-corrected chi connectivity index (χ3v) is 11.8. The zero-order valence-electron chi connectivity index (χ0n) is 17.5. The van der Waals surface area contributed by atoms with Gasteiger partial charge in [-0.2, -0.15) is 0 Å². The summed E-state index contributed by atoms with van der Waals surface area (Å²) in [7, 11) is -2.48. The molecule has 1 aliphatic heterocycles. The van der Waals surface area contributed by atoms with Gasteiger partial charge in [-0.15, -0.1) is 0 Å². The second-order valence-electron chi connectivity index (χ2n) is 10.4. The van der Waals surface area contributed by atoms with E-state index < -0.39 is 8.56 Å². The maximum Gasteiger partial charge on any atom is 0.349 e. The molecule has 2 fully saturated rings. The molecule has 0 N–H and O–H groups in total. The summed E-state index contributed by atoms with van der Waals surface area (Å²) >= 11 is 0. The zero-order valence-corrected chi connectivity index (χ0v) is 18.5. The number of Topliss-reactive ketones (excluding diaryl/α,β-unsaturated/α-hetero) is 1. The van der Waals surface area contributed by atoms with Crippen LogP contribution in [-0.2, 0) is 13.6 Å². The molecule has 27 heavy (non-hydrogen) atoms. The van der Waals surface area contributed by atoms with E-state index >= 15 is 0 Å². The molecule has 1 aromatic rings. The molecule has 146 valence electrons. The molecule has 0 amide bonds.